The molecule has 5 heteroatoms. The molecule has 0 saturated carbocycles. The van der Waals surface area contributed by atoms with Crippen LogP contribution in [0.15, 0.2) is 24.3 Å². The van der Waals surface area contributed by atoms with Crippen molar-refractivity contribution in [2.75, 3.05) is 6.61 Å². The van der Waals surface area contributed by atoms with Crippen LogP contribution in [-0.4, -0.2) is 53.2 Å². The zero-order chi connectivity index (χ0) is 18.3. The Hall–Kier alpha value is -0.840. The van der Waals surface area contributed by atoms with Crippen LogP contribution in [0.2, 0.25) is 0 Å². The zero-order valence-corrected chi connectivity index (χ0v) is 18.5. The minimum atomic E-state index is -1.11. The van der Waals surface area contributed by atoms with E-state index in [9.17, 15) is 9.59 Å². The second-order valence-corrected chi connectivity index (χ2v) is 6.52. The molecule has 1 aromatic carbocycles. The van der Waals surface area contributed by atoms with Crippen LogP contribution in [0.3, 0.4) is 0 Å². The molecule has 1 N–H and O–H groups in total. The van der Waals surface area contributed by atoms with Gasteiger partial charge in [-0.15, -0.1) is 0 Å². The Labute approximate surface area is 180 Å². The van der Waals surface area contributed by atoms with E-state index >= 15 is 0 Å². The van der Waals surface area contributed by atoms with E-state index in [2.05, 4.69) is 6.92 Å². The van der Waals surface area contributed by atoms with Crippen molar-refractivity contribution in [2.24, 2.45) is 0 Å². The maximum atomic E-state index is 12.0. The predicted molar refractivity (Wildman–Crippen MR) is 106 cm³/mol. The molecule has 0 amide bonds. The van der Waals surface area contributed by atoms with Gasteiger partial charge in [0.25, 0.3) is 0 Å². The SMILES string of the molecule is CCCCCCCCCCCCCOC(=O)c1ccccc1C(=O)O.[Na]. The summed E-state index contributed by atoms with van der Waals surface area (Å²) in [4.78, 5) is 23.1. The molecule has 141 valence electrons. The quantitative estimate of drug-likeness (QED) is 0.267. The Morgan fingerprint density at radius 1 is 0.808 bits per heavy atom. The van der Waals surface area contributed by atoms with Crippen LogP contribution >= 0.6 is 0 Å². The van der Waals surface area contributed by atoms with E-state index < -0.39 is 11.9 Å². The van der Waals surface area contributed by atoms with Crippen molar-refractivity contribution in [1.82, 2.24) is 0 Å². The summed E-state index contributed by atoms with van der Waals surface area (Å²) in [5, 5.41) is 9.08. The first kappa shape index (κ1) is 25.2. The number of hydrogen-bond acceptors (Lipinski definition) is 3. The van der Waals surface area contributed by atoms with Crippen molar-refractivity contribution in [3.05, 3.63) is 35.4 Å². The van der Waals surface area contributed by atoms with Crippen molar-refractivity contribution < 1.29 is 19.4 Å². The molecule has 0 bridgehead atoms. The molecule has 0 aliphatic rings. The summed E-state index contributed by atoms with van der Waals surface area (Å²) in [6.45, 7) is 2.59. The first-order valence-corrected chi connectivity index (χ1v) is 9.66. The Kier molecular flexibility index (Phi) is 15.8. The molecule has 0 saturated heterocycles. The number of unbranched alkanes of at least 4 members (excludes halogenated alkanes) is 10. The van der Waals surface area contributed by atoms with Crippen molar-refractivity contribution in [2.45, 2.75) is 77.6 Å². The van der Waals surface area contributed by atoms with Crippen LogP contribution in [0, 0.1) is 0 Å². The van der Waals surface area contributed by atoms with Crippen LogP contribution in [0.5, 0.6) is 0 Å². The van der Waals surface area contributed by atoms with Crippen LogP contribution in [-0.2, 0) is 4.74 Å². The van der Waals surface area contributed by atoms with Gasteiger partial charge in [-0.1, -0.05) is 83.3 Å². The number of carbonyl (C=O) groups is 2. The number of esters is 1. The van der Waals surface area contributed by atoms with E-state index in [1.54, 1.807) is 12.1 Å². The second-order valence-electron chi connectivity index (χ2n) is 6.52. The molecule has 0 unspecified atom stereocenters. The Morgan fingerprint density at radius 3 is 1.77 bits per heavy atom. The maximum Gasteiger partial charge on any atom is 0.339 e. The van der Waals surface area contributed by atoms with Gasteiger partial charge in [0.1, 0.15) is 0 Å². The van der Waals surface area contributed by atoms with E-state index in [0.29, 0.717) is 6.61 Å². The first-order chi connectivity index (χ1) is 12.2. The summed E-state index contributed by atoms with van der Waals surface area (Å²) in [6, 6.07) is 6.16. The predicted octanol–water partition coefficient (Wildman–Crippen LogP) is 5.47. The molecular weight excluding hydrogens is 339 g/mol. The molecule has 0 fully saturated rings. The van der Waals surface area contributed by atoms with E-state index in [1.165, 1.54) is 63.5 Å². The zero-order valence-electron chi connectivity index (χ0n) is 16.5. The Bertz CT molecular complexity index is 516. The van der Waals surface area contributed by atoms with Gasteiger partial charge < -0.3 is 9.84 Å². The third-order valence-corrected chi connectivity index (χ3v) is 4.36. The van der Waals surface area contributed by atoms with Gasteiger partial charge in [-0.2, -0.15) is 0 Å². The van der Waals surface area contributed by atoms with Gasteiger partial charge in [0.15, 0.2) is 0 Å². The number of ether oxygens (including phenoxy) is 1. The number of carboxylic acid groups (broad SMARTS) is 1. The number of hydrogen-bond donors (Lipinski definition) is 1. The average Bonchev–Trinajstić information content (AvgIpc) is 2.62. The van der Waals surface area contributed by atoms with Gasteiger partial charge in [-0.05, 0) is 18.6 Å². The summed E-state index contributed by atoms with van der Waals surface area (Å²) >= 11 is 0. The van der Waals surface area contributed by atoms with Gasteiger partial charge in [0.05, 0.1) is 17.7 Å². The number of rotatable bonds is 14. The molecule has 1 rings (SSSR count). The minimum Gasteiger partial charge on any atom is -0.478 e. The normalized spacial score (nSPS) is 10.2. The smallest absolute Gasteiger partial charge is 0.339 e. The molecule has 0 aliphatic heterocycles. The summed E-state index contributed by atoms with van der Waals surface area (Å²) in [7, 11) is 0. The van der Waals surface area contributed by atoms with Crippen LogP contribution in [0.25, 0.3) is 0 Å². The molecule has 0 aromatic heterocycles. The molecule has 4 nitrogen and oxygen atoms in total. The van der Waals surface area contributed by atoms with Gasteiger partial charge in [0.2, 0.25) is 0 Å². The van der Waals surface area contributed by atoms with Crippen LogP contribution in [0.1, 0.15) is 98.3 Å². The maximum absolute atomic E-state index is 12.0. The fraction of sp³-hybridized carbons (Fsp3) is 0.619. The molecule has 0 heterocycles. The van der Waals surface area contributed by atoms with Gasteiger partial charge in [0, 0.05) is 29.6 Å². The molecule has 1 aromatic rings. The average molecular weight is 371 g/mol. The van der Waals surface area contributed by atoms with Gasteiger partial charge in [-0.25, -0.2) is 9.59 Å². The Balaban J connectivity index is 0.00000625. The number of carbonyl (C=O) groups excluding carboxylic acids is 1. The second kappa shape index (κ2) is 16.3. The van der Waals surface area contributed by atoms with Crippen molar-refractivity contribution in [3.8, 4) is 0 Å². The fourth-order valence-electron chi connectivity index (χ4n) is 2.86. The summed E-state index contributed by atoms with van der Waals surface area (Å²) < 4.78 is 5.20. The molecule has 0 aliphatic carbocycles. The van der Waals surface area contributed by atoms with E-state index in [4.69, 9.17) is 9.84 Å². The van der Waals surface area contributed by atoms with Crippen molar-refractivity contribution >= 4 is 41.5 Å². The summed E-state index contributed by atoms with van der Waals surface area (Å²) in [6.07, 6.45) is 13.6. The van der Waals surface area contributed by atoms with Crippen molar-refractivity contribution in [3.63, 3.8) is 0 Å². The van der Waals surface area contributed by atoms with E-state index in [1.807, 2.05) is 0 Å². The van der Waals surface area contributed by atoms with Crippen LogP contribution < -0.4 is 0 Å². The summed E-state index contributed by atoms with van der Waals surface area (Å²) in [5.41, 5.74) is 0.115. The number of carboxylic acids is 1. The molecule has 26 heavy (non-hydrogen) atoms. The molecule has 0 spiro atoms. The topological polar surface area (TPSA) is 63.6 Å². The first-order valence-electron chi connectivity index (χ1n) is 9.66. The largest absolute Gasteiger partial charge is 0.478 e. The van der Waals surface area contributed by atoms with Gasteiger partial charge >= 0.3 is 11.9 Å². The third kappa shape index (κ3) is 11.0. The van der Waals surface area contributed by atoms with Crippen LogP contribution in [0.4, 0.5) is 0 Å². The monoisotopic (exact) mass is 371 g/mol. The Morgan fingerprint density at radius 2 is 1.27 bits per heavy atom. The van der Waals surface area contributed by atoms with Gasteiger partial charge in [-0.3, -0.25) is 0 Å². The molecule has 0 atom stereocenters. The van der Waals surface area contributed by atoms with Crippen molar-refractivity contribution in [1.29, 1.82) is 0 Å². The van der Waals surface area contributed by atoms with E-state index in [0.717, 1.165) is 19.3 Å². The van der Waals surface area contributed by atoms with E-state index in [-0.39, 0.29) is 40.7 Å². The minimum absolute atomic E-state index is 0. The fourth-order valence-corrected chi connectivity index (χ4v) is 2.86. The summed E-state index contributed by atoms with van der Waals surface area (Å²) in [5.74, 6) is -1.66. The molecular formula is C21H32NaO4. The standard InChI is InChI=1S/C21H32O4.Na/c1-2-3-4-5-6-7-8-9-10-11-14-17-25-21(24)19-16-13-12-15-18(19)20(22)23;/h12-13,15-16H,2-11,14,17H2,1H3,(H,22,23);. The number of benzene rings is 1. The number of aromatic carboxylic acids is 1. The molecule has 1 radical (unpaired) electrons. The third-order valence-electron chi connectivity index (χ3n) is 4.36.